The molecule has 1 fully saturated rings. The first kappa shape index (κ1) is 16.1. The zero-order valence-corrected chi connectivity index (χ0v) is 14.3. The van der Waals surface area contributed by atoms with Gasteiger partial charge in [0.1, 0.15) is 0 Å². The molecule has 1 saturated heterocycles. The zero-order valence-electron chi connectivity index (χ0n) is 12.7. The van der Waals surface area contributed by atoms with Crippen molar-refractivity contribution in [3.63, 3.8) is 0 Å². The number of nitrogens with one attached hydrogen (secondary N) is 1. The first-order chi connectivity index (χ1) is 11.3. The van der Waals surface area contributed by atoms with Crippen molar-refractivity contribution in [2.24, 2.45) is 5.92 Å². The lowest BCUT2D eigenvalue weighted by atomic mass is 9.87. The normalized spacial score (nSPS) is 16.7. The monoisotopic (exact) mass is 374 g/mol. The van der Waals surface area contributed by atoms with Gasteiger partial charge in [0.05, 0.1) is 11.6 Å². The van der Waals surface area contributed by atoms with Crippen molar-refractivity contribution in [2.75, 3.05) is 13.2 Å². The quantitative estimate of drug-likeness (QED) is 0.886. The summed E-state index contributed by atoms with van der Waals surface area (Å²) >= 11 is 3.45. The lowest BCUT2D eigenvalue weighted by molar-refractivity contribution is 0.0513. The predicted octanol–water partition coefficient (Wildman–Crippen LogP) is 3.74. The Balaban J connectivity index is 1.84. The largest absolute Gasteiger partial charge is 0.381 e. The zero-order chi connectivity index (χ0) is 16.1. The Hall–Kier alpha value is -1.72. The number of benzene rings is 1. The van der Waals surface area contributed by atoms with Crippen LogP contribution in [0.25, 0.3) is 0 Å². The Morgan fingerprint density at radius 2 is 2.00 bits per heavy atom. The molecule has 2 heterocycles. The summed E-state index contributed by atoms with van der Waals surface area (Å²) in [6, 6.07) is 11.4. The SMILES string of the molecule is O=C(N[C@@H](c1cccnc1)C1CCOCC1)c1ccccc1Br. The number of aromatic nitrogens is 1. The van der Waals surface area contributed by atoms with Crippen LogP contribution in [0.1, 0.15) is 34.8 Å². The van der Waals surface area contributed by atoms with Gasteiger partial charge in [-0.05, 0) is 58.5 Å². The summed E-state index contributed by atoms with van der Waals surface area (Å²) in [5.41, 5.74) is 1.69. The maximum atomic E-state index is 12.7. The van der Waals surface area contributed by atoms with Crippen molar-refractivity contribution >= 4 is 21.8 Å². The molecular weight excluding hydrogens is 356 g/mol. The molecule has 3 rings (SSSR count). The van der Waals surface area contributed by atoms with Crippen LogP contribution in [-0.4, -0.2) is 24.1 Å². The number of ether oxygens (including phenoxy) is 1. The molecule has 0 unspecified atom stereocenters. The van der Waals surface area contributed by atoms with E-state index in [0.717, 1.165) is 36.1 Å². The standard InChI is InChI=1S/C18H19BrN2O2/c19-16-6-2-1-5-15(16)18(22)21-17(13-7-10-23-11-8-13)14-4-3-9-20-12-14/h1-6,9,12-13,17H,7-8,10-11H2,(H,21,22)/t17-/m1/s1. The number of carbonyl (C=O) groups excluding carboxylic acids is 1. The summed E-state index contributed by atoms with van der Waals surface area (Å²) < 4.78 is 6.26. The lowest BCUT2D eigenvalue weighted by Crippen LogP contribution is -2.36. The summed E-state index contributed by atoms with van der Waals surface area (Å²) in [5.74, 6) is 0.289. The number of amides is 1. The highest BCUT2D eigenvalue weighted by molar-refractivity contribution is 9.10. The van der Waals surface area contributed by atoms with Gasteiger partial charge in [0, 0.05) is 30.1 Å². The second-order valence-corrected chi connectivity index (χ2v) is 6.52. The van der Waals surface area contributed by atoms with E-state index in [1.165, 1.54) is 0 Å². The average molecular weight is 375 g/mol. The summed E-state index contributed by atoms with van der Waals surface area (Å²) in [7, 11) is 0. The molecule has 0 spiro atoms. The highest BCUT2D eigenvalue weighted by atomic mass is 79.9. The number of carbonyl (C=O) groups is 1. The minimum Gasteiger partial charge on any atom is -0.381 e. The van der Waals surface area contributed by atoms with E-state index < -0.39 is 0 Å². The molecule has 120 valence electrons. The first-order valence-electron chi connectivity index (χ1n) is 7.79. The van der Waals surface area contributed by atoms with E-state index in [2.05, 4.69) is 26.2 Å². The fraction of sp³-hybridized carbons (Fsp3) is 0.333. The van der Waals surface area contributed by atoms with E-state index in [1.54, 1.807) is 6.20 Å². The molecule has 0 radical (unpaired) electrons. The summed E-state index contributed by atoms with van der Waals surface area (Å²) in [5, 5.41) is 3.20. The van der Waals surface area contributed by atoms with Crippen LogP contribution in [0.2, 0.25) is 0 Å². The molecule has 1 aliphatic heterocycles. The number of pyridine rings is 1. The van der Waals surface area contributed by atoms with Gasteiger partial charge in [-0.3, -0.25) is 9.78 Å². The van der Waals surface area contributed by atoms with Crippen LogP contribution in [0.5, 0.6) is 0 Å². The fourth-order valence-electron chi connectivity index (χ4n) is 2.95. The van der Waals surface area contributed by atoms with Crippen molar-refractivity contribution in [3.05, 3.63) is 64.4 Å². The van der Waals surface area contributed by atoms with Crippen molar-refractivity contribution in [1.29, 1.82) is 0 Å². The van der Waals surface area contributed by atoms with Gasteiger partial charge in [0.2, 0.25) is 0 Å². The van der Waals surface area contributed by atoms with Gasteiger partial charge < -0.3 is 10.1 Å². The molecular formula is C18H19BrN2O2. The van der Waals surface area contributed by atoms with Gasteiger partial charge in [-0.2, -0.15) is 0 Å². The lowest BCUT2D eigenvalue weighted by Gasteiger charge is -2.31. The topological polar surface area (TPSA) is 51.2 Å². The highest BCUT2D eigenvalue weighted by Gasteiger charge is 2.27. The molecule has 1 atom stereocenters. The molecule has 0 bridgehead atoms. The number of rotatable bonds is 4. The number of halogens is 1. The molecule has 0 saturated carbocycles. The third-order valence-corrected chi connectivity index (χ3v) is 4.88. The molecule has 1 aliphatic rings. The molecule has 4 nitrogen and oxygen atoms in total. The van der Waals surface area contributed by atoms with Gasteiger partial charge in [0.25, 0.3) is 5.91 Å². The Kier molecular flexibility index (Phi) is 5.41. The number of nitrogens with zero attached hydrogens (tertiary/aromatic N) is 1. The predicted molar refractivity (Wildman–Crippen MR) is 92.1 cm³/mol. The Bertz CT molecular complexity index is 657. The average Bonchev–Trinajstić information content (AvgIpc) is 2.61. The van der Waals surface area contributed by atoms with E-state index >= 15 is 0 Å². The molecule has 0 aliphatic carbocycles. The van der Waals surface area contributed by atoms with Gasteiger partial charge in [0.15, 0.2) is 0 Å². The third-order valence-electron chi connectivity index (χ3n) is 4.19. The summed E-state index contributed by atoms with van der Waals surface area (Å²) in [6.45, 7) is 1.48. The van der Waals surface area contributed by atoms with Crippen molar-refractivity contribution in [3.8, 4) is 0 Å². The van der Waals surface area contributed by atoms with Crippen molar-refractivity contribution in [1.82, 2.24) is 10.3 Å². The van der Waals surface area contributed by atoms with Crippen LogP contribution in [-0.2, 0) is 4.74 Å². The van der Waals surface area contributed by atoms with E-state index in [9.17, 15) is 4.79 Å². The molecule has 1 aromatic carbocycles. The van der Waals surface area contributed by atoms with E-state index in [-0.39, 0.29) is 11.9 Å². The maximum absolute atomic E-state index is 12.7. The Morgan fingerprint density at radius 3 is 2.70 bits per heavy atom. The highest BCUT2D eigenvalue weighted by Crippen LogP contribution is 2.30. The Labute approximate surface area is 144 Å². The van der Waals surface area contributed by atoms with Crippen LogP contribution in [0.4, 0.5) is 0 Å². The van der Waals surface area contributed by atoms with Gasteiger partial charge in [-0.15, -0.1) is 0 Å². The third kappa shape index (κ3) is 3.98. The molecule has 5 heteroatoms. The van der Waals surface area contributed by atoms with Gasteiger partial charge in [-0.1, -0.05) is 18.2 Å². The molecule has 1 N–H and O–H groups in total. The fourth-order valence-corrected chi connectivity index (χ4v) is 3.41. The molecule has 2 aromatic rings. The number of hydrogen-bond acceptors (Lipinski definition) is 3. The summed E-state index contributed by atoms with van der Waals surface area (Å²) in [6.07, 6.45) is 5.46. The van der Waals surface area contributed by atoms with Gasteiger partial charge >= 0.3 is 0 Å². The first-order valence-corrected chi connectivity index (χ1v) is 8.58. The molecule has 1 aromatic heterocycles. The minimum absolute atomic E-state index is 0.0489. The molecule has 1 amide bonds. The van der Waals surface area contributed by atoms with Crippen LogP contribution >= 0.6 is 15.9 Å². The van der Waals surface area contributed by atoms with E-state index in [1.807, 2.05) is 42.6 Å². The van der Waals surface area contributed by atoms with Crippen molar-refractivity contribution < 1.29 is 9.53 Å². The summed E-state index contributed by atoms with van der Waals surface area (Å²) in [4.78, 5) is 16.9. The van der Waals surface area contributed by atoms with Crippen molar-refractivity contribution in [2.45, 2.75) is 18.9 Å². The van der Waals surface area contributed by atoms with E-state index in [0.29, 0.717) is 11.5 Å². The van der Waals surface area contributed by atoms with Crippen LogP contribution in [0.3, 0.4) is 0 Å². The second kappa shape index (κ2) is 7.70. The molecule has 23 heavy (non-hydrogen) atoms. The minimum atomic E-state index is -0.0715. The van der Waals surface area contributed by atoms with Gasteiger partial charge in [-0.25, -0.2) is 0 Å². The maximum Gasteiger partial charge on any atom is 0.252 e. The number of hydrogen-bond donors (Lipinski definition) is 1. The Morgan fingerprint density at radius 1 is 1.22 bits per heavy atom. The van der Waals surface area contributed by atoms with E-state index in [4.69, 9.17) is 4.74 Å². The smallest absolute Gasteiger partial charge is 0.252 e. The van der Waals surface area contributed by atoms with Crippen LogP contribution < -0.4 is 5.32 Å². The van der Waals surface area contributed by atoms with Crippen LogP contribution in [0.15, 0.2) is 53.3 Å². The van der Waals surface area contributed by atoms with Crippen LogP contribution in [0, 0.1) is 5.92 Å². The second-order valence-electron chi connectivity index (χ2n) is 5.67.